The molecule has 3 rings (SSSR count). The van der Waals surface area contributed by atoms with Crippen molar-refractivity contribution in [2.75, 3.05) is 19.5 Å². The van der Waals surface area contributed by atoms with Crippen LogP contribution in [0.3, 0.4) is 0 Å². The van der Waals surface area contributed by atoms with Gasteiger partial charge in [-0.1, -0.05) is 60.2 Å². The van der Waals surface area contributed by atoms with Crippen LogP contribution in [-0.2, 0) is 35.5 Å². The SMILES string of the molecule is COc1ccc(COC(/C=C/CS(=O)(=O)c2ccccc2)COS(=O)(=O)c2ccc(C)cc2)cc1. The normalized spacial score (nSPS) is 13.1. The maximum Gasteiger partial charge on any atom is 0.297 e. The van der Waals surface area contributed by atoms with Gasteiger partial charge in [0.25, 0.3) is 10.1 Å². The number of hydrogen-bond donors (Lipinski definition) is 0. The number of methoxy groups -OCH3 is 1. The monoisotopic (exact) mass is 516 g/mol. The van der Waals surface area contributed by atoms with Crippen molar-refractivity contribution in [1.82, 2.24) is 0 Å². The van der Waals surface area contributed by atoms with Crippen LogP contribution in [0.5, 0.6) is 5.75 Å². The van der Waals surface area contributed by atoms with Crippen LogP contribution in [0.4, 0.5) is 0 Å². The number of benzene rings is 3. The Labute approximate surface area is 207 Å². The Kier molecular flexibility index (Phi) is 9.22. The van der Waals surface area contributed by atoms with E-state index in [1.165, 1.54) is 36.4 Å². The first-order chi connectivity index (χ1) is 16.7. The second-order valence-electron chi connectivity index (χ2n) is 7.77. The molecule has 0 amide bonds. The van der Waals surface area contributed by atoms with E-state index in [9.17, 15) is 16.8 Å². The van der Waals surface area contributed by atoms with Gasteiger partial charge in [0.1, 0.15) is 11.9 Å². The molecule has 0 fully saturated rings. The molecule has 0 saturated heterocycles. The van der Waals surface area contributed by atoms with Crippen molar-refractivity contribution in [1.29, 1.82) is 0 Å². The molecule has 0 aromatic heterocycles. The van der Waals surface area contributed by atoms with Crippen molar-refractivity contribution in [2.24, 2.45) is 0 Å². The zero-order valence-electron chi connectivity index (χ0n) is 19.5. The number of aryl methyl sites for hydroxylation is 1. The van der Waals surface area contributed by atoms with E-state index in [0.717, 1.165) is 11.1 Å². The standard InChI is InChI=1S/C26H28O7S2/c1-21-10-16-26(17-11-21)35(29,30)33-20-24(32-19-22-12-14-23(31-2)15-13-22)7-6-18-34(27,28)25-8-4-3-5-9-25/h3-17,24H,18-20H2,1-2H3/b7-6+. The number of rotatable bonds is 12. The summed E-state index contributed by atoms with van der Waals surface area (Å²) in [5.41, 5.74) is 1.76. The van der Waals surface area contributed by atoms with E-state index in [4.69, 9.17) is 13.7 Å². The van der Waals surface area contributed by atoms with E-state index in [1.807, 2.05) is 19.1 Å². The summed E-state index contributed by atoms with van der Waals surface area (Å²) in [7, 11) is -5.97. The summed E-state index contributed by atoms with van der Waals surface area (Å²) in [5, 5.41) is 0. The lowest BCUT2D eigenvalue weighted by Crippen LogP contribution is -2.21. The molecule has 0 aliphatic rings. The fourth-order valence-corrected chi connectivity index (χ4v) is 5.12. The van der Waals surface area contributed by atoms with Crippen LogP contribution in [0, 0.1) is 6.92 Å². The van der Waals surface area contributed by atoms with Gasteiger partial charge in [-0.15, -0.1) is 0 Å². The first-order valence-electron chi connectivity index (χ1n) is 10.8. The predicted octanol–water partition coefficient (Wildman–Crippen LogP) is 4.32. The maximum atomic E-state index is 12.6. The van der Waals surface area contributed by atoms with E-state index in [-0.39, 0.29) is 28.8 Å². The smallest absolute Gasteiger partial charge is 0.297 e. The highest BCUT2D eigenvalue weighted by molar-refractivity contribution is 7.91. The Balaban J connectivity index is 1.71. The van der Waals surface area contributed by atoms with Crippen molar-refractivity contribution in [3.8, 4) is 5.75 Å². The van der Waals surface area contributed by atoms with Crippen LogP contribution in [0.25, 0.3) is 0 Å². The number of hydrogen-bond acceptors (Lipinski definition) is 7. The summed E-state index contributed by atoms with van der Waals surface area (Å²) in [4.78, 5) is 0.242. The minimum absolute atomic E-state index is 0.0349. The molecule has 186 valence electrons. The van der Waals surface area contributed by atoms with E-state index < -0.39 is 26.1 Å². The van der Waals surface area contributed by atoms with Gasteiger partial charge in [-0.25, -0.2) is 8.42 Å². The summed E-state index contributed by atoms with van der Waals surface area (Å²) in [6.45, 7) is 1.71. The van der Waals surface area contributed by atoms with Gasteiger partial charge in [0.15, 0.2) is 9.84 Å². The molecular weight excluding hydrogens is 488 g/mol. The molecule has 3 aromatic carbocycles. The van der Waals surface area contributed by atoms with Crippen molar-refractivity contribution in [3.05, 3.63) is 102 Å². The van der Waals surface area contributed by atoms with Gasteiger partial charge in [0.2, 0.25) is 0 Å². The zero-order valence-corrected chi connectivity index (χ0v) is 21.2. The van der Waals surface area contributed by atoms with Crippen LogP contribution in [0.15, 0.2) is 101 Å². The topological polar surface area (TPSA) is 96.0 Å². The number of sulfone groups is 1. The second kappa shape index (κ2) is 12.1. The Morgan fingerprint density at radius 1 is 0.829 bits per heavy atom. The summed E-state index contributed by atoms with van der Waals surface area (Å²) < 4.78 is 66.5. The van der Waals surface area contributed by atoms with Gasteiger partial charge < -0.3 is 9.47 Å². The Morgan fingerprint density at radius 3 is 2.11 bits per heavy atom. The fraction of sp³-hybridized carbons (Fsp3) is 0.231. The van der Waals surface area contributed by atoms with Crippen molar-refractivity contribution >= 4 is 20.0 Å². The lowest BCUT2D eigenvalue weighted by Gasteiger charge is -2.15. The first kappa shape index (κ1) is 26.6. The average Bonchev–Trinajstić information content (AvgIpc) is 2.86. The molecule has 0 aliphatic carbocycles. The Hall–Kier alpha value is -2.98. The van der Waals surface area contributed by atoms with E-state index in [1.54, 1.807) is 49.6 Å². The molecule has 0 saturated carbocycles. The predicted molar refractivity (Wildman–Crippen MR) is 134 cm³/mol. The second-order valence-corrected chi connectivity index (χ2v) is 11.4. The molecule has 35 heavy (non-hydrogen) atoms. The van der Waals surface area contributed by atoms with Gasteiger partial charge in [0, 0.05) is 0 Å². The highest BCUT2D eigenvalue weighted by Gasteiger charge is 2.18. The summed E-state index contributed by atoms with van der Waals surface area (Å²) in [5.74, 6) is 0.438. The average molecular weight is 517 g/mol. The van der Waals surface area contributed by atoms with Gasteiger partial charge >= 0.3 is 0 Å². The van der Waals surface area contributed by atoms with Crippen LogP contribution in [-0.4, -0.2) is 42.4 Å². The van der Waals surface area contributed by atoms with Crippen LogP contribution >= 0.6 is 0 Å². The quantitative estimate of drug-likeness (QED) is 0.261. The third-order valence-electron chi connectivity index (χ3n) is 5.09. The Morgan fingerprint density at radius 2 is 1.49 bits per heavy atom. The van der Waals surface area contributed by atoms with Crippen LogP contribution < -0.4 is 4.74 Å². The lowest BCUT2D eigenvalue weighted by molar-refractivity contribution is 0.0408. The molecule has 0 bridgehead atoms. The molecule has 0 radical (unpaired) electrons. The summed E-state index contributed by atoms with van der Waals surface area (Å²) in [6.07, 6.45) is 2.15. The van der Waals surface area contributed by atoms with Gasteiger partial charge in [-0.05, 0) is 48.9 Å². The molecule has 7 nitrogen and oxygen atoms in total. The van der Waals surface area contributed by atoms with E-state index in [0.29, 0.717) is 5.75 Å². The number of ether oxygens (including phenoxy) is 2. The molecule has 0 spiro atoms. The molecule has 3 aromatic rings. The Bertz CT molecular complexity index is 1310. The van der Waals surface area contributed by atoms with Gasteiger partial charge in [-0.3, -0.25) is 4.18 Å². The van der Waals surface area contributed by atoms with Crippen molar-refractivity contribution in [3.63, 3.8) is 0 Å². The third kappa shape index (κ3) is 8.03. The first-order valence-corrected chi connectivity index (χ1v) is 13.9. The molecule has 1 unspecified atom stereocenters. The molecule has 1 atom stereocenters. The fourth-order valence-electron chi connectivity index (χ4n) is 3.07. The summed E-state index contributed by atoms with van der Waals surface area (Å²) >= 11 is 0. The van der Waals surface area contributed by atoms with Crippen molar-refractivity contribution in [2.45, 2.75) is 29.4 Å². The minimum atomic E-state index is -4.01. The largest absolute Gasteiger partial charge is 0.497 e. The van der Waals surface area contributed by atoms with Gasteiger partial charge in [0.05, 0.1) is 35.9 Å². The van der Waals surface area contributed by atoms with E-state index >= 15 is 0 Å². The lowest BCUT2D eigenvalue weighted by atomic mass is 10.2. The van der Waals surface area contributed by atoms with E-state index in [2.05, 4.69) is 0 Å². The minimum Gasteiger partial charge on any atom is -0.497 e. The molecule has 0 heterocycles. The molecule has 0 aliphatic heterocycles. The van der Waals surface area contributed by atoms with Gasteiger partial charge in [-0.2, -0.15) is 8.42 Å². The molecule has 9 heteroatoms. The maximum absolute atomic E-state index is 12.6. The third-order valence-corrected chi connectivity index (χ3v) is 8.01. The summed E-state index contributed by atoms with van der Waals surface area (Å²) in [6, 6.07) is 21.6. The molecule has 0 N–H and O–H groups in total. The molecular formula is C26H28O7S2. The van der Waals surface area contributed by atoms with Crippen LogP contribution in [0.1, 0.15) is 11.1 Å². The van der Waals surface area contributed by atoms with Crippen LogP contribution in [0.2, 0.25) is 0 Å². The highest BCUT2D eigenvalue weighted by atomic mass is 32.2. The van der Waals surface area contributed by atoms with Crippen molar-refractivity contribution < 1.29 is 30.5 Å². The highest BCUT2D eigenvalue weighted by Crippen LogP contribution is 2.17. The zero-order chi connectivity index (χ0) is 25.3.